The monoisotopic (exact) mass is 389 g/mol. The SMILES string of the molecule is C[C@](N)(CO)CCc1ccc2c(CCCCOC3CCCCC3)csc2c1. The van der Waals surface area contributed by atoms with Crippen molar-refractivity contribution >= 4 is 21.4 Å². The Hall–Kier alpha value is -0.940. The summed E-state index contributed by atoms with van der Waals surface area (Å²) in [6.45, 7) is 2.86. The Balaban J connectivity index is 1.45. The number of rotatable bonds is 10. The molecule has 0 amide bonds. The lowest BCUT2D eigenvalue weighted by atomic mass is 9.95. The standard InChI is InChI=1S/C23H35NO2S/c1-23(24,17-25)13-12-18-10-11-21-19(16-27-22(21)15-18)7-5-6-14-26-20-8-3-2-4-9-20/h10-11,15-16,20,25H,2-9,12-14,17,24H2,1H3/t23-/m1/s1. The molecule has 0 bridgehead atoms. The van der Waals surface area contributed by atoms with Gasteiger partial charge in [0, 0.05) is 16.8 Å². The molecule has 1 aromatic heterocycles. The molecule has 0 radical (unpaired) electrons. The molecule has 3 N–H and O–H groups in total. The van der Waals surface area contributed by atoms with Gasteiger partial charge in [0.05, 0.1) is 12.7 Å². The van der Waals surface area contributed by atoms with Gasteiger partial charge in [-0.15, -0.1) is 11.3 Å². The number of aryl methyl sites for hydroxylation is 2. The molecular weight excluding hydrogens is 354 g/mol. The largest absolute Gasteiger partial charge is 0.394 e. The first-order chi connectivity index (χ1) is 13.1. The van der Waals surface area contributed by atoms with Crippen LogP contribution in [-0.2, 0) is 17.6 Å². The molecule has 1 atom stereocenters. The van der Waals surface area contributed by atoms with Gasteiger partial charge >= 0.3 is 0 Å². The van der Waals surface area contributed by atoms with E-state index in [0.717, 1.165) is 32.3 Å². The maximum Gasteiger partial charge on any atom is 0.0608 e. The number of hydrogen-bond donors (Lipinski definition) is 2. The topological polar surface area (TPSA) is 55.5 Å². The van der Waals surface area contributed by atoms with Gasteiger partial charge in [-0.25, -0.2) is 0 Å². The van der Waals surface area contributed by atoms with Crippen LogP contribution in [0.1, 0.15) is 69.4 Å². The minimum Gasteiger partial charge on any atom is -0.394 e. The van der Waals surface area contributed by atoms with E-state index in [-0.39, 0.29) is 6.61 Å². The van der Waals surface area contributed by atoms with Crippen LogP contribution in [-0.4, -0.2) is 30.0 Å². The van der Waals surface area contributed by atoms with Gasteiger partial charge in [-0.05, 0) is 79.8 Å². The number of hydrogen-bond acceptors (Lipinski definition) is 4. The normalized spacial score (nSPS) is 18.0. The third-order valence-electron chi connectivity index (χ3n) is 5.81. The molecule has 0 spiro atoms. The number of thiophene rings is 1. The van der Waals surface area contributed by atoms with E-state index >= 15 is 0 Å². The van der Waals surface area contributed by atoms with Crippen LogP contribution in [0.2, 0.25) is 0 Å². The molecule has 1 aromatic carbocycles. The lowest BCUT2D eigenvalue weighted by molar-refractivity contribution is 0.0265. The van der Waals surface area contributed by atoms with Crippen molar-refractivity contribution in [2.24, 2.45) is 5.73 Å². The average molecular weight is 390 g/mol. The van der Waals surface area contributed by atoms with Gasteiger partial charge < -0.3 is 15.6 Å². The van der Waals surface area contributed by atoms with Crippen LogP contribution < -0.4 is 5.73 Å². The predicted molar refractivity (Wildman–Crippen MR) is 116 cm³/mol. The highest BCUT2D eigenvalue weighted by Crippen LogP contribution is 2.29. The fourth-order valence-electron chi connectivity index (χ4n) is 3.88. The first-order valence-electron chi connectivity index (χ1n) is 10.6. The van der Waals surface area contributed by atoms with E-state index in [2.05, 4.69) is 23.6 Å². The first-order valence-corrected chi connectivity index (χ1v) is 11.5. The zero-order valence-corrected chi connectivity index (χ0v) is 17.5. The minimum atomic E-state index is -0.491. The molecule has 4 heteroatoms. The number of ether oxygens (including phenoxy) is 1. The van der Waals surface area contributed by atoms with Gasteiger partial charge in [-0.3, -0.25) is 0 Å². The molecular formula is C23H35NO2S. The maximum absolute atomic E-state index is 9.31. The summed E-state index contributed by atoms with van der Waals surface area (Å²) in [6, 6.07) is 6.78. The summed E-state index contributed by atoms with van der Waals surface area (Å²) in [6.07, 6.45) is 12.3. The third-order valence-corrected chi connectivity index (χ3v) is 6.81. The van der Waals surface area contributed by atoms with Crippen LogP contribution in [0.4, 0.5) is 0 Å². The van der Waals surface area contributed by atoms with Crippen LogP contribution >= 0.6 is 11.3 Å². The molecule has 1 heterocycles. The van der Waals surface area contributed by atoms with Crippen molar-refractivity contribution in [3.05, 3.63) is 34.7 Å². The molecule has 150 valence electrons. The zero-order chi connectivity index (χ0) is 19.1. The quantitative estimate of drug-likeness (QED) is 0.548. The zero-order valence-electron chi connectivity index (χ0n) is 16.7. The fourth-order valence-corrected chi connectivity index (χ4v) is 4.94. The van der Waals surface area contributed by atoms with E-state index in [4.69, 9.17) is 10.5 Å². The number of aliphatic hydroxyl groups is 1. The van der Waals surface area contributed by atoms with Gasteiger partial charge in [-0.2, -0.15) is 0 Å². The lowest BCUT2D eigenvalue weighted by Crippen LogP contribution is -2.40. The van der Waals surface area contributed by atoms with Crippen LogP contribution in [0.5, 0.6) is 0 Å². The van der Waals surface area contributed by atoms with Gasteiger partial charge in [0.25, 0.3) is 0 Å². The molecule has 0 saturated heterocycles. The summed E-state index contributed by atoms with van der Waals surface area (Å²) in [5.41, 5.74) is 8.34. The summed E-state index contributed by atoms with van der Waals surface area (Å²) < 4.78 is 7.41. The number of benzene rings is 1. The molecule has 0 aliphatic heterocycles. The Bertz CT molecular complexity index is 703. The molecule has 1 fully saturated rings. The van der Waals surface area contributed by atoms with Crippen molar-refractivity contribution in [3.63, 3.8) is 0 Å². The van der Waals surface area contributed by atoms with E-state index in [9.17, 15) is 5.11 Å². The molecule has 3 rings (SSSR count). The van der Waals surface area contributed by atoms with Crippen molar-refractivity contribution < 1.29 is 9.84 Å². The highest BCUT2D eigenvalue weighted by molar-refractivity contribution is 7.17. The van der Waals surface area contributed by atoms with Crippen molar-refractivity contribution in [3.8, 4) is 0 Å². The Kier molecular flexibility index (Phi) is 7.71. The number of fused-ring (bicyclic) bond motifs is 1. The molecule has 27 heavy (non-hydrogen) atoms. The minimum absolute atomic E-state index is 0.0306. The van der Waals surface area contributed by atoms with E-state index in [1.54, 1.807) is 0 Å². The summed E-state index contributed by atoms with van der Waals surface area (Å²) in [5.74, 6) is 0. The Morgan fingerprint density at radius 2 is 2.00 bits per heavy atom. The Morgan fingerprint density at radius 1 is 1.19 bits per heavy atom. The predicted octanol–water partition coefficient (Wildman–Crippen LogP) is 5.22. The van der Waals surface area contributed by atoms with Gasteiger partial charge in [0.2, 0.25) is 0 Å². The molecule has 1 aliphatic carbocycles. The summed E-state index contributed by atoms with van der Waals surface area (Å²) in [5, 5.41) is 13.0. The van der Waals surface area contributed by atoms with Gasteiger partial charge in [-0.1, -0.05) is 31.4 Å². The highest BCUT2D eigenvalue weighted by atomic mass is 32.1. The van der Waals surface area contributed by atoms with Gasteiger partial charge in [0.1, 0.15) is 0 Å². The molecule has 1 aliphatic rings. The van der Waals surface area contributed by atoms with Crippen molar-refractivity contribution in [2.45, 2.75) is 82.8 Å². The first kappa shape index (κ1) is 20.8. The summed E-state index contributed by atoms with van der Waals surface area (Å²) in [7, 11) is 0. The number of nitrogens with two attached hydrogens (primary N) is 1. The van der Waals surface area contributed by atoms with Crippen LogP contribution in [0.3, 0.4) is 0 Å². The third kappa shape index (κ3) is 6.28. The fraction of sp³-hybridized carbons (Fsp3) is 0.652. The van der Waals surface area contributed by atoms with Crippen LogP contribution in [0, 0.1) is 0 Å². The average Bonchev–Trinajstić information content (AvgIpc) is 3.09. The van der Waals surface area contributed by atoms with Crippen molar-refractivity contribution in [1.29, 1.82) is 0 Å². The maximum atomic E-state index is 9.31. The second kappa shape index (κ2) is 10.0. The number of aliphatic hydroxyl groups excluding tert-OH is 1. The molecule has 0 unspecified atom stereocenters. The van der Waals surface area contributed by atoms with E-state index < -0.39 is 5.54 Å². The van der Waals surface area contributed by atoms with Crippen LogP contribution in [0.15, 0.2) is 23.6 Å². The Labute approximate surface area is 167 Å². The number of unbranched alkanes of at least 4 members (excludes halogenated alkanes) is 1. The van der Waals surface area contributed by atoms with Crippen LogP contribution in [0.25, 0.3) is 10.1 Å². The second-order valence-electron chi connectivity index (χ2n) is 8.49. The van der Waals surface area contributed by atoms with Crippen molar-refractivity contribution in [1.82, 2.24) is 0 Å². The summed E-state index contributed by atoms with van der Waals surface area (Å²) in [4.78, 5) is 0. The summed E-state index contributed by atoms with van der Waals surface area (Å²) >= 11 is 1.84. The molecule has 2 aromatic rings. The Morgan fingerprint density at radius 3 is 2.78 bits per heavy atom. The van der Waals surface area contributed by atoms with Gasteiger partial charge in [0.15, 0.2) is 0 Å². The van der Waals surface area contributed by atoms with Crippen molar-refractivity contribution in [2.75, 3.05) is 13.2 Å². The van der Waals surface area contributed by atoms with E-state index in [1.807, 2.05) is 18.3 Å². The molecule has 3 nitrogen and oxygen atoms in total. The highest BCUT2D eigenvalue weighted by Gasteiger charge is 2.17. The van der Waals surface area contributed by atoms with E-state index in [1.165, 1.54) is 59.7 Å². The molecule has 1 saturated carbocycles. The smallest absolute Gasteiger partial charge is 0.0608 e. The van der Waals surface area contributed by atoms with E-state index in [0.29, 0.717) is 6.10 Å². The lowest BCUT2D eigenvalue weighted by Gasteiger charge is -2.21. The second-order valence-corrected chi connectivity index (χ2v) is 9.40.